The number of cyclic esters (lactones) is 1. The molecule has 2 saturated heterocycles. The molecule has 1 N–H and O–H groups in total. The van der Waals surface area contributed by atoms with Gasteiger partial charge < -0.3 is 24.4 Å². The van der Waals surface area contributed by atoms with E-state index < -0.39 is 35.6 Å². The van der Waals surface area contributed by atoms with Crippen molar-refractivity contribution in [2.24, 2.45) is 11.8 Å². The third-order valence-corrected chi connectivity index (χ3v) is 7.54. The van der Waals surface area contributed by atoms with Crippen LogP contribution in [0.25, 0.3) is 0 Å². The van der Waals surface area contributed by atoms with Crippen LogP contribution in [-0.2, 0) is 23.9 Å². The first kappa shape index (κ1) is 24.9. The number of carbonyl (C=O) groups excluding carboxylic acids is 3. The van der Waals surface area contributed by atoms with Crippen molar-refractivity contribution in [2.75, 3.05) is 32.8 Å². The molecule has 8 heteroatoms. The van der Waals surface area contributed by atoms with Crippen LogP contribution in [0.4, 0.5) is 0 Å². The number of fused-ring (bicyclic) bond motifs is 2. The number of unbranched alkanes of at least 4 members (excludes halogenated alkanes) is 5. The van der Waals surface area contributed by atoms with Crippen LogP contribution >= 0.6 is 0 Å². The molecule has 4 rings (SSSR count). The van der Waals surface area contributed by atoms with Gasteiger partial charge in [-0.25, -0.2) is 0 Å². The molecule has 0 aromatic heterocycles. The standard InChI is InChI=1S/C26H38N2O6/c1-2-3-7-14-27-15-11-13-26-21(20-19(34-26)12-6-10-18-33-25(20)32)23(30)28(22(26)24(27)31)16-8-4-5-9-17-29/h6,11-13,19-22,29H,2-5,7-10,14-18H2,1H3/t19-,20?,21+,22-,26?/m1/s1. The van der Waals surface area contributed by atoms with Crippen LogP contribution in [0.2, 0.25) is 0 Å². The summed E-state index contributed by atoms with van der Waals surface area (Å²) in [5.41, 5.74) is -1.16. The number of ether oxygens (including phenoxy) is 2. The molecule has 5 atom stereocenters. The summed E-state index contributed by atoms with van der Waals surface area (Å²) < 4.78 is 12.0. The quantitative estimate of drug-likeness (QED) is 0.296. The van der Waals surface area contributed by atoms with E-state index in [0.29, 0.717) is 26.1 Å². The molecule has 188 valence electrons. The molecule has 1 spiro atoms. The molecule has 0 aliphatic carbocycles. The van der Waals surface area contributed by atoms with Crippen molar-refractivity contribution in [2.45, 2.75) is 76.0 Å². The fourth-order valence-corrected chi connectivity index (χ4v) is 5.89. The maximum Gasteiger partial charge on any atom is 0.312 e. The maximum absolute atomic E-state index is 13.9. The first-order valence-electron chi connectivity index (χ1n) is 12.9. The number of amides is 2. The summed E-state index contributed by atoms with van der Waals surface area (Å²) in [5.74, 6) is -2.24. The zero-order valence-electron chi connectivity index (χ0n) is 20.2. The lowest BCUT2D eigenvalue weighted by Gasteiger charge is -2.35. The van der Waals surface area contributed by atoms with E-state index in [4.69, 9.17) is 14.6 Å². The number of esters is 1. The van der Waals surface area contributed by atoms with Crippen molar-refractivity contribution in [3.05, 3.63) is 24.3 Å². The Morgan fingerprint density at radius 3 is 2.62 bits per heavy atom. The van der Waals surface area contributed by atoms with E-state index in [2.05, 4.69) is 6.92 Å². The Kier molecular flexibility index (Phi) is 8.09. The third-order valence-electron chi connectivity index (χ3n) is 7.54. The third kappa shape index (κ3) is 4.54. The molecule has 0 aromatic carbocycles. The number of aliphatic hydroxyl groups excluding tert-OH is 1. The van der Waals surface area contributed by atoms with E-state index in [1.165, 1.54) is 0 Å². The summed E-state index contributed by atoms with van der Waals surface area (Å²) in [5, 5.41) is 9.06. The first-order chi connectivity index (χ1) is 16.5. The molecule has 0 saturated carbocycles. The molecular formula is C26H38N2O6. The highest BCUT2D eigenvalue weighted by atomic mass is 16.6. The Hall–Kier alpha value is -2.19. The molecule has 2 fully saturated rings. The minimum atomic E-state index is -1.16. The van der Waals surface area contributed by atoms with Crippen molar-refractivity contribution < 1.29 is 29.0 Å². The lowest BCUT2D eigenvalue weighted by atomic mass is 9.77. The summed E-state index contributed by atoms with van der Waals surface area (Å²) in [7, 11) is 0. The highest BCUT2D eigenvalue weighted by Crippen LogP contribution is 2.53. The van der Waals surface area contributed by atoms with Crippen LogP contribution in [0.5, 0.6) is 0 Å². The van der Waals surface area contributed by atoms with Crippen molar-refractivity contribution in [1.82, 2.24) is 9.80 Å². The lowest BCUT2D eigenvalue weighted by Crippen LogP contribution is -2.55. The number of nitrogens with zero attached hydrogens (tertiary/aromatic N) is 2. The Balaban J connectivity index is 1.66. The zero-order chi connectivity index (χ0) is 24.1. The fourth-order valence-electron chi connectivity index (χ4n) is 5.89. The predicted octanol–water partition coefficient (Wildman–Crippen LogP) is 2.21. The van der Waals surface area contributed by atoms with E-state index in [9.17, 15) is 14.4 Å². The normalized spacial score (nSPS) is 32.7. The van der Waals surface area contributed by atoms with Gasteiger partial charge in [0.05, 0.1) is 18.6 Å². The summed E-state index contributed by atoms with van der Waals surface area (Å²) in [6.45, 7) is 4.11. The predicted molar refractivity (Wildman–Crippen MR) is 126 cm³/mol. The van der Waals surface area contributed by atoms with Crippen LogP contribution in [0.3, 0.4) is 0 Å². The fraction of sp³-hybridized carbons (Fsp3) is 0.731. The second-order valence-corrected chi connectivity index (χ2v) is 9.79. The monoisotopic (exact) mass is 474 g/mol. The van der Waals surface area contributed by atoms with Gasteiger partial charge in [0, 0.05) is 26.2 Å². The van der Waals surface area contributed by atoms with Crippen LogP contribution in [0.15, 0.2) is 24.3 Å². The van der Waals surface area contributed by atoms with Gasteiger partial charge in [0.25, 0.3) is 0 Å². The number of hydrogen-bond donors (Lipinski definition) is 1. The Morgan fingerprint density at radius 2 is 1.82 bits per heavy atom. The second kappa shape index (κ2) is 11.0. The number of aliphatic hydroxyl groups is 1. The molecule has 4 heterocycles. The summed E-state index contributed by atoms with van der Waals surface area (Å²) >= 11 is 0. The molecule has 2 unspecified atom stereocenters. The molecule has 34 heavy (non-hydrogen) atoms. The zero-order valence-corrected chi connectivity index (χ0v) is 20.2. The van der Waals surface area contributed by atoms with Gasteiger partial charge in [-0.3, -0.25) is 14.4 Å². The van der Waals surface area contributed by atoms with Crippen LogP contribution in [-0.4, -0.2) is 83.3 Å². The van der Waals surface area contributed by atoms with Gasteiger partial charge in [-0.2, -0.15) is 0 Å². The number of rotatable bonds is 10. The lowest BCUT2D eigenvalue weighted by molar-refractivity contribution is -0.155. The molecule has 4 aliphatic rings. The van der Waals surface area contributed by atoms with Crippen LogP contribution in [0.1, 0.15) is 58.3 Å². The van der Waals surface area contributed by atoms with Crippen LogP contribution in [0, 0.1) is 11.8 Å². The van der Waals surface area contributed by atoms with Gasteiger partial charge in [0.2, 0.25) is 11.8 Å². The van der Waals surface area contributed by atoms with Gasteiger partial charge >= 0.3 is 5.97 Å². The highest BCUT2D eigenvalue weighted by Gasteiger charge is 2.71. The van der Waals surface area contributed by atoms with Crippen molar-refractivity contribution in [1.29, 1.82) is 0 Å². The van der Waals surface area contributed by atoms with Gasteiger partial charge in [-0.1, -0.05) is 56.9 Å². The SMILES string of the molecule is CCCCCN1CC=CC23O[C@@H]4C=CCCOC(=O)C4[C@H]2C(=O)N(CCCCCCO)[C@@H]3C1=O. The topological polar surface area (TPSA) is 96.4 Å². The van der Waals surface area contributed by atoms with E-state index >= 15 is 0 Å². The molecule has 4 aliphatic heterocycles. The molecule has 8 nitrogen and oxygen atoms in total. The second-order valence-electron chi connectivity index (χ2n) is 9.79. The maximum atomic E-state index is 13.9. The van der Waals surface area contributed by atoms with Crippen molar-refractivity contribution in [3.8, 4) is 0 Å². The molecule has 0 radical (unpaired) electrons. The smallest absolute Gasteiger partial charge is 0.312 e. The van der Waals surface area contributed by atoms with E-state index in [1.807, 2.05) is 29.2 Å². The van der Waals surface area contributed by atoms with Crippen LogP contribution < -0.4 is 0 Å². The number of hydrogen-bond acceptors (Lipinski definition) is 6. The van der Waals surface area contributed by atoms with Gasteiger partial charge in [0.15, 0.2) is 0 Å². The number of likely N-dealkylation sites (tertiary alicyclic amines) is 1. The highest BCUT2D eigenvalue weighted by molar-refractivity contribution is 5.99. The van der Waals surface area contributed by atoms with Gasteiger partial charge in [-0.15, -0.1) is 0 Å². The largest absolute Gasteiger partial charge is 0.465 e. The minimum absolute atomic E-state index is 0.0982. The van der Waals surface area contributed by atoms with E-state index in [-0.39, 0.29) is 25.0 Å². The van der Waals surface area contributed by atoms with Crippen molar-refractivity contribution in [3.63, 3.8) is 0 Å². The molecular weight excluding hydrogens is 436 g/mol. The molecule has 0 aromatic rings. The average Bonchev–Trinajstić information content (AvgIpc) is 3.19. The first-order valence-corrected chi connectivity index (χ1v) is 12.9. The summed E-state index contributed by atoms with van der Waals surface area (Å²) in [6.07, 6.45) is 13.8. The Morgan fingerprint density at radius 1 is 1.03 bits per heavy atom. The van der Waals surface area contributed by atoms with E-state index in [0.717, 1.165) is 44.9 Å². The van der Waals surface area contributed by atoms with Gasteiger partial charge in [-0.05, 0) is 25.7 Å². The van der Waals surface area contributed by atoms with Crippen molar-refractivity contribution >= 4 is 17.8 Å². The Bertz CT molecular complexity index is 826. The minimum Gasteiger partial charge on any atom is -0.465 e. The summed E-state index contributed by atoms with van der Waals surface area (Å²) in [6, 6.07) is -0.780. The molecule has 2 amide bonds. The molecule has 0 bridgehead atoms. The van der Waals surface area contributed by atoms with Gasteiger partial charge in [0.1, 0.15) is 17.6 Å². The Labute approximate surface area is 201 Å². The number of carbonyl (C=O) groups is 3. The van der Waals surface area contributed by atoms with E-state index in [1.54, 1.807) is 4.90 Å². The summed E-state index contributed by atoms with van der Waals surface area (Å²) in [4.78, 5) is 44.3. The average molecular weight is 475 g/mol.